The molecule has 6 heteroatoms. The minimum atomic E-state index is -3.59. The third kappa shape index (κ3) is 1.93. The number of carbonyl (C=O) groups is 1. The molecular formula is C16H17F2NO3. The average molecular weight is 309 g/mol. The van der Waals surface area contributed by atoms with Gasteiger partial charge in [0.05, 0.1) is 0 Å². The van der Waals surface area contributed by atoms with Crippen LogP contribution in [-0.4, -0.2) is 36.6 Å². The van der Waals surface area contributed by atoms with Crippen LogP contribution in [0.2, 0.25) is 0 Å². The molecule has 3 aliphatic rings. The highest BCUT2D eigenvalue weighted by molar-refractivity contribution is 5.81. The van der Waals surface area contributed by atoms with Crippen LogP contribution in [0.1, 0.15) is 31.2 Å². The predicted octanol–water partition coefficient (Wildman–Crippen LogP) is 2.70. The fourth-order valence-electron chi connectivity index (χ4n) is 4.18. The van der Waals surface area contributed by atoms with Crippen molar-refractivity contribution in [3.05, 3.63) is 23.8 Å². The Morgan fingerprint density at radius 1 is 1.23 bits per heavy atom. The van der Waals surface area contributed by atoms with Gasteiger partial charge in [0, 0.05) is 24.3 Å². The van der Waals surface area contributed by atoms with Gasteiger partial charge in [0.2, 0.25) is 0 Å². The van der Waals surface area contributed by atoms with Crippen LogP contribution in [0.5, 0.6) is 11.5 Å². The number of hydrogen-bond acceptors (Lipinski definition) is 4. The van der Waals surface area contributed by atoms with Gasteiger partial charge in [-0.15, -0.1) is 8.78 Å². The first-order chi connectivity index (χ1) is 10.4. The van der Waals surface area contributed by atoms with Crippen LogP contribution in [0.15, 0.2) is 18.2 Å². The maximum absolute atomic E-state index is 13.2. The lowest BCUT2D eigenvalue weighted by molar-refractivity contribution is -0.286. The van der Waals surface area contributed by atoms with Crippen LogP contribution in [-0.2, 0) is 10.2 Å². The van der Waals surface area contributed by atoms with E-state index < -0.39 is 6.29 Å². The Balaban J connectivity index is 1.74. The molecule has 118 valence electrons. The molecule has 1 aromatic carbocycles. The highest BCUT2D eigenvalue weighted by atomic mass is 19.3. The van der Waals surface area contributed by atoms with E-state index in [1.165, 1.54) is 0 Å². The second-order valence-corrected chi connectivity index (χ2v) is 6.47. The van der Waals surface area contributed by atoms with Gasteiger partial charge in [0.25, 0.3) is 0 Å². The van der Waals surface area contributed by atoms with Crippen LogP contribution in [0.3, 0.4) is 0 Å². The molecule has 0 N–H and O–H groups in total. The summed E-state index contributed by atoms with van der Waals surface area (Å²) in [5.74, 6) is 0.434. The van der Waals surface area contributed by atoms with Gasteiger partial charge in [-0.1, -0.05) is 6.07 Å². The second kappa shape index (κ2) is 4.41. The summed E-state index contributed by atoms with van der Waals surface area (Å²) in [6.07, 6.45) is -0.822. The Kier molecular flexibility index (Phi) is 2.79. The molecule has 1 aromatic rings. The van der Waals surface area contributed by atoms with Crippen LogP contribution in [0, 0.1) is 0 Å². The summed E-state index contributed by atoms with van der Waals surface area (Å²) < 4.78 is 35.4. The quantitative estimate of drug-likeness (QED) is 0.799. The fraction of sp³-hybridized carbons (Fsp3) is 0.562. The Labute approximate surface area is 127 Å². The number of ether oxygens (including phenoxy) is 2. The lowest BCUT2D eigenvalue weighted by Gasteiger charge is -2.41. The van der Waals surface area contributed by atoms with Crippen LogP contribution >= 0.6 is 0 Å². The van der Waals surface area contributed by atoms with Gasteiger partial charge >= 0.3 is 6.29 Å². The Bertz CT molecular complexity index is 648. The highest BCUT2D eigenvalue weighted by Gasteiger charge is 2.51. The van der Waals surface area contributed by atoms with Crippen molar-refractivity contribution in [2.75, 3.05) is 13.6 Å². The third-order valence-electron chi connectivity index (χ3n) is 5.33. The maximum atomic E-state index is 13.2. The van der Waals surface area contributed by atoms with E-state index in [0.717, 1.165) is 24.9 Å². The van der Waals surface area contributed by atoms with E-state index in [-0.39, 0.29) is 28.7 Å². The number of likely N-dealkylation sites (N-methyl/N-ethyl adjacent to an activating group) is 1. The molecule has 2 fully saturated rings. The molecule has 1 aliphatic carbocycles. The molecule has 2 heterocycles. The lowest BCUT2D eigenvalue weighted by atomic mass is 9.66. The van der Waals surface area contributed by atoms with Crippen LogP contribution in [0.25, 0.3) is 0 Å². The normalized spacial score (nSPS) is 33.0. The van der Waals surface area contributed by atoms with Crippen molar-refractivity contribution < 1.29 is 23.0 Å². The standard InChI is InChI=1S/C16H17F2NO3/c1-19-7-6-15(5-4-11(20)9-14(15)19)10-2-3-12-13(8-10)22-16(17,18)21-12/h2-3,8,14H,4-7,9H2,1H3. The summed E-state index contributed by atoms with van der Waals surface area (Å²) in [5.41, 5.74) is 0.813. The first-order valence-corrected chi connectivity index (χ1v) is 7.52. The summed E-state index contributed by atoms with van der Waals surface area (Å²) in [7, 11) is 2.02. The summed E-state index contributed by atoms with van der Waals surface area (Å²) in [4.78, 5) is 14.0. The van der Waals surface area contributed by atoms with E-state index in [4.69, 9.17) is 0 Å². The number of nitrogens with zero attached hydrogens (tertiary/aromatic N) is 1. The third-order valence-corrected chi connectivity index (χ3v) is 5.33. The van der Waals surface area contributed by atoms with E-state index in [1.54, 1.807) is 12.1 Å². The number of ketones is 1. The topological polar surface area (TPSA) is 38.8 Å². The molecule has 2 unspecified atom stereocenters. The van der Waals surface area contributed by atoms with Crippen molar-refractivity contribution in [2.45, 2.75) is 43.4 Å². The number of carbonyl (C=O) groups excluding carboxylic acids is 1. The Morgan fingerprint density at radius 2 is 2.00 bits per heavy atom. The van der Waals surface area contributed by atoms with Crippen molar-refractivity contribution in [1.82, 2.24) is 4.90 Å². The highest BCUT2D eigenvalue weighted by Crippen LogP contribution is 2.50. The summed E-state index contributed by atoms with van der Waals surface area (Å²) >= 11 is 0. The van der Waals surface area contributed by atoms with Crippen LogP contribution < -0.4 is 9.47 Å². The molecule has 0 radical (unpaired) electrons. The summed E-state index contributed by atoms with van der Waals surface area (Å²) in [5, 5.41) is 0. The maximum Gasteiger partial charge on any atom is 0.586 e. The molecule has 0 amide bonds. The molecule has 22 heavy (non-hydrogen) atoms. The zero-order valence-corrected chi connectivity index (χ0v) is 12.3. The molecule has 4 rings (SSSR count). The van der Waals surface area contributed by atoms with E-state index in [2.05, 4.69) is 14.4 Å². The monoisotopic (exact) mass is 309 g/mol. The summed E-state index contributed by atoms with van der Waals surface area (Å²) in [6.45, 7) is 0.905. The number of rotatable bonds is 1. The van der Waals surface area contributed by atoms with Crippen molar-refractivity contribution >= 4 is 5.78 Å². The SMILES string of the molecule is CN1CCC2(c3ccc4c(c3)OC(F)(F)O4)CCC(=O)CC12. The lowest BCUT2D eigenvalue weighted by Crippen LogP contribution is -2.46. The molecule has 0 aromatic heterocycles. The van der Waals surface area contributed by atoms with Gasteiger partial charge in [-0.2, -0.15) is 0 Å². The molecule has 0 bridgehead atoms. The molecule has 1 saturated heterocycles. The predicted molar refractivity (Wildman–Crippen MR) is 74.2 cm³/mol. The number of Topliss-reactive ketones (excluding diaryl/α,β-unsaturated/α-hetero) is 1. The van der Waals surface area contributed by atoms with Gasteiger partial charge in [-0.3, -0.25) is 4.79 Å². The zero-order valence-electron chi connectivity index (χ0n) is 12.3. The first kappa shape index (κ1) is 13.9. The second-order valence-electron chi connectivity index (χ2n) is 6.47. The van der Waals surface area contributed by atoms with Gasteiger partial charge in [0.1, 0.15) is 5.78 Å². The molecule has 2 atom stereocenters. The zero-order chi connectivity index (χ0) is 15.5. The average Bonchev–Trinajstić information content (AvgIpc) is 2.95. The molecule has 0 spiro atoms. The van der Waals surface area contributed by atoms with E-state index in [1.807, 2.05) is 13.1 Å². The summed E-state index contributed by atoms with van der Waals surface area (Å²) in [6, 6.07) is 5.19. The van der Waals surface area contributed by atoms with E-state index >= 15 is 0 Å². The number of fused-ring (bicyclic) bond motifs is 2. The van der Waals surface area contributed by atoms with Gasteiger partial charge in [-0.25, -0.2) is 0 Å². The van der Waals surface area contributed by atoms with Crippen molar-refractivity contribution in [3.63, 3.8) is 0 Å². The van der Waals surface area contributed by atoms with Crippen molar-refractivity contribution in [2.24, 2.45) is 0 Å². The van der Waals surface area contributed by atoms with E-state index in [9.17, 15) is 13.6 Å². The van der Waals surface area contributed by atoms with Crippen molar-refractivity contribution in [1.29, 1.82) is 0 Å². The minimum absolute atomic E-state index is 0.0694. The first-order valence-electron chi connectivity index (χ1n) is 7.52. The number of benzene rings is 1. The van der Waals surface area contributed by atoms with Crippen LogP contribution in [0.4, 0.5) is 8.78 Å². The number of hydrogen-bond donors (Lipinski definition) is 0. The van der Waals surface area contributed by atoms with E-state index in [0.29, 0.717) is 12.8 Å². The Morgan fingerprint density at radius 3 is 2.82 bits per heavy atom. The molecule has 2 aliphatic heterocycles. The Hall–Kier alpha value is -1.69. The van der Waals surface area contributed by atoms with Gasteiger partial charge in [-0.05, 0) is 44.1 Å². The molecule has 1 saturated carbocycles. The smallest absolute Gasteiger partial charge is 0.395 e. The fourth-order valence-corrected chi connectivity index (χ4v) is 4.18. The number of halogens is 2. The van der Waals surface area contributed by atoms with Gasteiger partial charge in [0.15, 0.2) is 11.5 Å². The number of likely N-dealkylation sites (tertiary alicyclic amines) is 1. The largest absolute Gasteiger partial charge is 0.586 e. The van der Waals surface area contributed by atoms with Crippen molar-refractivity contribution in [3.8, 4) is 11.5 Å². The van der Waals surface area contributed by atoms with Gasteiger partial charge < -0.3 is 14.4 Å². The molecule has 4 nitrogen and oxygen atoms in total. The number of alkyl halides is 2. The molecular weight excluding hydrogens is 292 g/mol. The minimum Gasteiger partial charge on any atom is -0.395 e.